The van der Waals surface area contributed by atoms with E-state index in [4.69, 9.17) is 13.9 Å². The molecule has 14 heteroatoms. The summed E-state index contributed by atoms with van der Waals surface area (Å²) in [6.07, 6.45) is -5.14. The highest BCUT2D eigenvalue weighted by molar-refractivity contribution is 5.93. The van der Waals surface area contributed by atoms with Crippen LogP contribution in [0.1, 0.15) is 27.2 Å². The fourth-order valence-corrected chi connectivity index (χ4v) is 3.70. The van der Waals surface area contributed by atoms with E-state index in [2.05, 4.69) is 0 Å². The molecule has 0 aliphatic carbocycles. The van der Waals surface area contributed by atoms with Crippen LogP contribution in [0.2, 0.25) is 0 Å². The molecule has 1 heterocycles. The average Bonchev–Trinajstić information content (AvgIpc) is 2.84. The zero-order valence-electron chi connectivity index (χ0n) is 19.9. The first kappa shape index (κ1) is 26.8. The minimum atomic E-state index is -5.14. The Labute approximate surface area is 215 Å². The van der Waals surface area contributed by atoms with Crippen molar-refractivity contribution >= 4 is 28.3 Å². The van der Waals surface area contributed by atoms with E-state index in [1.807, 2.05) is 0 Å². The summed E-state index contributed by atoms with van der Waals surface area (Å²) in [5.74, 6) is -4.51. The second kappa shape index (κ2) is 9.89. The number of nitrogens with zero attached hydrogens (tertiary/aromatic N) is 2. The van der Waals surface area contributed by atoms with E-state index in [0.29, 0.717) is 17.2 Å². The monoisotopic (exact) mass is 544 g/mol. The van der Waals surface area contributed by atoms with E-state index in [0.717, 1.165) is 30.3 Å². The molecule has 0 fully saturated rings. The van der Waals surface area contributed by atoms with Crippen LogP contribution in [-0.2, 0) is 6.18 Å². The van der Waals surface area contributed by atoms with Gasteiger partial charge in [0, 0.05) is 18.2 Å². The number of carbonyl (C=O) groups is 1. The molecule has 0 saturated heterocycles. The van der Waals surface area contributed by atoms with Crippen molar-refractivity contribution in [3.63, 3.8) is 0 Å². The number of aryl methyl sites for hydroxylation is 2. The maximum Gasteiger partial charge on any atom is 0.453 e. The van der Waals surface area contributed by atoms with Crippen LogP contribution in [0.5, 0.6) is 17.2 Å². The predicted molar refractivity (Wildman–Crippen MR) is 128 cm³/mol. The van der Waals surface area contributed by atoms with Gasteiger partial charge in [-0.25, -0.2) is 4.79 Å². The number of esters is 1. The highest BCUT2D eigenvalue weighted by Crippen LogP contribution is 2.39. The van der Waals surface area contributed by atoms with Gasteiger partial charge in [0.05, 0.1) is 26.9 Å². The van der Waals surface area contributed by atoms with Crippen LogP contribution in [0.25, 0.3) is 11.0 Å². The molecule has 0 saturated carbocycles. The topological polar surface area (TPSA) is 152 Å². The lowest BCUT2D eigenvalue weighted by Gasteiger charge is -2.14. The smallest absolute Gasteiger partial charge is 0.449 e. The molecule has 200 valence electrons. The van der Waals surface area contributed by atoms with Gasteiger partial charge in [0.2, 0.25) is 11.2 Å². The first-order chi connectivity index (χ1) is 18.2. The Morgan fingerprint density at radius 1 is 0.872 bits per heavy atom. The van der Waals surface area contributed by atoms with Crippen LogP contribution in [-0.4, -0.2) is 15.8 Å². The van der Waals surface area contributed by atoms with Crippen LogP contribution in [0, 0.1) is 34.1 Å². The summed E-state index contributed by atoms with van der Waals surface area (Å²) in [7, 11) is 0. The van der Waals surface area contributed by atoms with Gasteiger partial charge >= 0.3 is 12.1 Å². The standard InChI is InChI=1S/C25H15F3N2O9/c1-12-5-13(2)7-18(6-12)37-22-21(31)19-4-3-17(11-20(19)39-23(22)25(26,27)28)38-24(32)14-8-15(29(33)34)10-16(9-14)30(35)36/h3-11H,1-2H3. The van der Waals surface area contributed by atoms with Crippen molar-refractivity contribution in [1.82, 2.24) is 0 Å². The number of hydrogen-bond acceptors (Lipinski definition) is 9. The van der Waals surface area contributed by atoms with Gasteiger partial charge in [-0.3, -0.25) is 25.0 Å². The SMILES string of the molecule is Cc1cc(C)cc(Oc2c(C(F)(F)F)oc3cc(OC(=O)c4cc([N+](=O)[O-])cc([N+](=O)[O-])c4)ccc3c2=O)c1. The van der Waals surface area contributed by atoms with E-state index in [1.54, 1.807) is 19.9 Å². The number of halogens is 3. The Bertz CT molecular complexity index is 1680. The maximum absolute atomic E-state index is 13.8. The van der Waals surface area contributed by atoms with Crippen LogP contribution >= 0.6 is 0 Å². The van der Waals surface area contributed by atoms with Crippen LogP contribution in [0.3, 0.4) is 0 Å². The van der Waals surface area contributed by atoms with E-state index < -0.39 is 67.2 Å². The molecule has 11 nitrogen and oxygen atoms in total. The number of non-ortho nitro benzene ring substituents is 2. The molecular weight excluding hydrogens is 529 g/mol. The number of benzene rings is 3. The second-order valence-electron chi connectivity index (χ2n) is 8.31. The quantitative estimate of drug-likeness (QED) is 0.119. The maximum atomic E-state index is 13.8. The minimum absolute atomic E-state index is 0.0127. The summed E-state index contributed by atoms with van der Waals surface area (Å²) in [5, 5.41) is 21.8. The van der Waals surface area contributed by atoms with E-state index in [1.165, 1.54) is 12.1 Å². The lowest BCUT2D eigenvalue weighted by Crippen LogP contribution is -2.16. The van der Waals surface area contributed by atoms with Crippen LogP contribution < -0.4 is 14.9 Å². The Hall–Kier alpha value is -5.27. The molecule has 0 amide bonds. The Kier molecular flexibility index (Phi) is 6.79. The minimum Gasteiger partial charge on any atom is -0.449 e. The summed E-state index contributed by atoms with van der Waals surface area (Å²) >= 11 is 0. The molecular formula is C25H15F3N2O9. The van der Waals surface area contributed by atoms with Crippen molar-refractivity contribution < 1.29 is 41.7 Å². The van der Waals surface area contributed by atoms with Crippen molar-refractivity contribution in [3.05, 3.63) is 107 Å². The molecule has 0 spiro atoms. The number of fused-ring (bicyclic) bond motifs is 1. The largest absolute Gasteiger partial charge is 0.453 e. The summed E-state index contributed by atoms with van der Waals surface area (Å²) in [6.45, 7) is 3.39. The molecule has 39 heavy (non-hydrogen) atoms. The fourth-order valence-electron chi connectivity index (χ4n) is 3.70. The van der Waals surface area contributed by atoms with E-state index >= 15 is 0 Å². The molecule has 3 aromatic carbocycles. The van der Waals surface area contributed by atoms with Crippen molar-refractivity contribution in [2.75, 3.05) is 0 Å². The number of hydrogen-bond donors (Lipinski definition) is 0. The van der Waals surface area contributed by atoms with Crippen LogP contribution in [0.15, 0.2) is 63.8 Å². The lowest BCUT2D eigenvalue weighted by atomic mass is 10.1. The molecule has 1 aromatic heterocycles. The number of carbonyl (C=O) groups excluding carboxylic acids is 1. The third kappa shape index (κ3) is 5.69. The highest BCUT2D eigenvalue weighted by Gasteiger charge is 2.40. The number of ether oxygens (including phenoxy) is 2. The summed E-state index contributed by atoms with van der Waals surface area (Å²) in [6, 6.07) is 9.67. The normalized spacial score (nSPS) is 11.3. The summed E-state index contributed by atoms with van der Waals surface area (Å²) in [5.41, 5.74) is -2.46. The predicted octanol–water partition coefficient (Wildman–Crippen LogP) is 6.26. The van der Waals surface area contributed by atoms with Gasteiger partial charge in [-0.05, 0) is 49.2 Å². The Morgan fingerprint density at radius 3 is 2.00 bits per heavy atom. The zero-order valence-corrected chi connectivity index (χ0v) is 19.9. The molecule has 0 aliphatic rings. The first-order valence-corrected chi connectivity index (χ1v) is 10.8. The molecule has 0 N–H and O–H groups in total. The van der Waals surface area contributed by atoms with Gasteiger partial charge in [-0.1, -0.05) is 6.07 Å². The first-order valence-electron chi connectivity index (χ1n) is 10.8. The van der Waals surface area contributed by atoms with Crippen LogP contribution in [0.4, 0.5) is 24.5 Å². The fraction of sp³-hybridized carbons (Fsp3) is 0.120. The molecule has 0 atom stereocenters. The number of rotatable bonds is 6. The van der Waals surface area contributed by atoms with Gasteiger partial charge in [0.15, 0.2) is 0 Å². The Balaban J connectivity index is 1.75. The number of nitro groups is 2. The zero-order chi connectivity index (χ0) is 28.6. The van der Waals surface area contributed by atoms with Gasteiger partial charge in [-0.15, -0.1) is 0 Å². The highest BCUT2D eigenvalue weighted by atomic mass is 19.4. The third-order valence-corrected chi connectivity index (χ3v) is 5.27. The molecule has 0 aliphatic heterocycles. The van der Waals surface area contributed by atoms with Gasteiger partial charge in [0.25, 0.3) is 17.1 Å². The number of nitro benzene ring substituents is 2. The molecule has 4 aromatic rings. The van der Waals surface area contributed by atoms with E-state index in [9.17, 15) is 43.0 Å². The molecule has 0 unspecified atom stereocenters. The van der Waals surface area contributed by atoms with Gasteiger partial charge in [0.1, 0.15) is 17.1 Å². The van der Waals surface area contributed by atoms with Gasteiger partial charge < -0.3 is 13.9 Å². The van der Waals surface area contributed by atoms with Crippen molar-refractivity contribution in [2.45, 2.75) is 20.0 Å². The summed E-state index contributed by atoms with van der Waals surface area (Å²) in [4.78, 5) is 45.8. The second-order valence-corrected chi connectivity index (χ2v) is 8.31. The van der Waals surface area contributed by atoms with Gasteiger partial charge in [-0.2, -0.15) is 13.2 Å². The van der Waals surface area contributed by atoms with Crippen molar-refractivity contribution in [2.24, 2.45) is 0 Å². The lowest BCUT2D eigenvalue weighted by molar-refractivity contribution is -0.394. The molecule has 0 bridgehead atoms. The molecule has 4 rings (SSSR count). The summed E-state index contributed by atoms with van der Waals surface area (Å²) < 4.78 is 56.9. The van der Waals surface area contributed by atoms with E-state index in [-0.39, 0.29) is 11.1 Å². The average molecular weight is 544 g/mol. The third-order valence-electron chi connectivity index (χ3n) is 5.27. The Morgan fingerprint density at radius 2 is 1.46 bits per heavy atom. The van der Waals surface area contributed by atoms with Crippen molar-refractivity contribution in [3.8, 4) is 17.2 Å². The van der Waals surface area contributed by atoms with Crippen molar-refractivity contribution in [1.29, 1.82) is 0 Å². The molecule has 0 radical (unpaired) electrons. The number of alkyl halides is 3.